The van der Waals surface area contributed by atoms with Crippen molar-refractivity contribution >= 4 is 11.6 Å². The molecule has 0 heterocycles. The van der Waals surface area contributed by atoms with Crippen molar-refractivity contribution in [2.75, 3.05) is 5.32 Å². The lowest BCUT2D eigenvalue weighted by Crippen LogP contribution is -2.48. The Bertz CT molecular complexity index is 450. The average Bonchev–Trinajstić information content (AvgIpc) is 2.89. The Morgan fingerprint density at radius 1 is 1.35 bits per heavy atom. The summed E-state index contributed by atoms with van der Waals surface area (Å²) in [6.07, 6.45) is 4.77. The highest BCUT2D eigenvalue weighted by Crippen LogP contribution is 2.28. The van der Waals surface area contributed by atoms with Crippen LogP contribution in [0.2, 0.25) is 0 Å². The summed E-state index contributed by atoms with van der Waals surface area (Å²) in [5.41, 5.74) is 6.21. The normalized spacial score (nSPS) is 18.6. The molecule has 2 rings (SSSR count). The van der Waals surface area contributed by atoms with Gasteiger partial charge >= 0.3 is 0 Å². The van der Waals surface area contributed by atoms with E-state index in [4.69, 9.17) is 10.5 Å². The molecule has 0 bridgehead atoms. The molecule has 1 amide bonds. The van der Waals surface area contributed by atoms with E-state index in [1.54, 1.807) is 0 Å². The Kier molecular flexibility index (Phi) is 4.65. The smallest absolute Gasteiger partial charge is 0.244 e. The van der Waals surface area contributed by atoms with E-state index in [9.17, 15) is 4.79 Å². The molecule has 0 saturated heterocycles. The quantitative estimate of drug-likeness (QED) is 0.868. The fourth-order valence-electron chi connectivity index (χ4n) is 2.42. The first kappa shape index (κ1) is 14.9. The van der Waals surface area contributed by atoms with Crippen LogP contribution in [0.1, 0.15) is 46.0 Å². The number of nitrogens with two attached hydrogens (primary N) is 1. The molecule has 1 atom stereocenters. The van der Waals surface area contributed by atoms with Crippen molar-refractivity contribution in [3.8, 4) is 5.75 Å². The first-order valence-corrected chi connectivity index (χ1v) is 7.40. The van der Waals surface area contributed by atoms with E-state index >= 15 is 0 Å². The molecule has 4 nitrogen and oxygen atoms in total. The zero-order valence-corrected chi connectivity index (χ0v) is 12.3. The lowest BCUT2D eigenvalue weighted by Gasteiger charge is -2.22. The van der Waals surface area contributed by atoms with Crippen molar-refractivity contribution in [2.45, 2.75) is 57.6 Å². The summed E-state index contributed by atoms with van der Waals surface area (Å²) in [6, 6.07) is 7.46. The number of benzene rings is 1. The minimum absolute atomic E-state index is 0.0782. The minimum Gasteiger partial charge on any atom is -0.491 e. The highest BCUT2D eigenvalue weighted by atomic mass is 16.5. The third-order valence-corrected chi connectivity index (χ3v) is 3.97. The molecule has 1 unspecified atom stereocenters. The number of hydrogen-bond donors (Lipinski definition) is 2. The predicted molar refractivity (Wildman–Crippen MR) is 80.8 cm³/mol. The highest BCUT2D eigenvalue weighted by Gasteiger charge is 2.36. The van der Waals surface area contributed by atoms with Gasteiger partial charge in [-0.1, -0.05) is 19.8 Å². The maximum atomic E-state index is 12.2. The highest BCUT2D eigenvalue weighted by molar-refractivity contribution is 5.98. The van der Waals surface area contributed by atoms with E-state index in [1.165, 1.54) is 0 Å². The average molecular weight is 276 g/mol. The molecule has 110 valence electrons. The van der Waals surface area contributed by atoms with Crippen molar-refractivity contribution in [2.24, 2.45) is 5.73 Å². The van der Waals surface area contributed by atoms with Crippen molar-refractivity contribution in [3.05, 3.63) is 24.3 Å². The van der Waals surface area contributed by atoms with Crippen LogP contribution in [-0.4, -0.2) is 17.6 Å². The number of rotatable bonds is 5. The van der Waals surface area contributed by atoms with Gasteiger partial charge in [-0.2, -0.15) is 0 Å². The van der Waals surface area contributed by atoms with E-state index in [0.717, 1.165) is 43.5 Å². The predicted octanol–water partition coefficient (Wildman–Crippen LogP) is 3.07. The van der Waals surface area contributed by atoms with Gasteiger partial charge in [0.1, 0.15) is 5.75 Å². The van der Waals surface area contributed by atoms with Gasteiger partial charge in [0.2, 0.25) is 5.91 Å². The third kappa shape index (κ3) is 3.51. The number of carbonyl (C=O) groups excluding carboxylic acids is 1. The molecule has 0 radical (unpaired) electrons. The van der Waals surface area contributed by atoms with E-state index in [1.807, 2.05) is 31.2 Å². The number of carbonyl (C=O) groups is 1. The Morgan fingerprint density at radius 2 is 1.95 bits per heavy atom. The van der Waals surface area contributed by atoms with Gasteiger partial charge in [-0.3, -0.25) is 4.79 Å². The fraction of sp³-hybridized carbons (Fsp3) is 0.562. The molecule has 20 heavy (non-hydrogen) atoms. The SMILES string of the molecule is CCC(C)Oc1ccc(NC(=O)C2(N)CCCC2)cc1. The molecule has 1 aliphatic carbocycles. The van der Waals surface area contributed by atoms with Crippen LogP contribution in [0.15, 0.2) is 24.3 Å². The molecular formula is C16H24N2O2. The number of ether oxygens (including phenoxy) is 1. The second kappa shape index (κ2) is 6.27. The van der Waals surface area contributed by atoms with E-state index in [2.05, 4.69) is 12.2 Å². The Hall–Kier alpha value is -1.55. The summed E-state index contributed by atoms with van der Waals surface area (Å²) in [7, 11) is 0. The van der Waals surface area contributed by atoms with Gasteiger partial charge in [0, 0.05) is 5.69 Å². The number of anilines is 1. The first-order chi connectivity index (χ1) is 9.53. The molecule has 1 fully saturated rings. The van der Waals surface area contributed by atoms with Gasteiger partial charge in [0.25, 0.3) is 0 Å². The first-order valence-electron chi connectivity index (χ1n) is 7.40. The minimum atomic E-state index is -0.689. The van der Waals surface area contributed by atoms with Crippen LogP contribution in [-0.2, 0) is 4.79 Å². The van der Waals surface area contributed by atoms with E-state index in [0.29, 0.717) is 0 Å². The second-order valence-corrected chi connectivity index (χ2v) is 5.68. The standard InChI is InChI=1S/C16H24N2O2/c1-3-12(2)20-14-8-6-13(7-9-14)18-15(19)16(17)10-4-5-11-16/h6-9,12H,3-5,10-11,17H2,1-2H3,(H,18,19). The number of amides is 1. The topological polar surface area (TPSA) is 64.3 Å². The molecule has 1 aromatic rings. The lowest BCUT2D eigenvalue weighted by molar-refractivity contribution is -0.121. The van der Waals surface area contributed by atoms with Crippen LogP contribution >= 0.6 is 0 Å². The summed E-state index contributed by atoms with van der Waals surface area (Å²) in [5, 5.41) is 2.90. The monoisotopic (exact) mass is 276 g/mol. The Labute approximate surface area is 120 Å². The van der Waals surface area contributed by atoms with Crippen LogP contribution in [0.4, 0.5) is 5.69 Å². The maximum absolute atomic E-state index is 12.2. The fourth-order valence-corrected chi connectivity index (χ4v) is 2.42. The van der Waals surface area contributed by atoms with Crippen molar-refractivity contribution < 1.29 is 9.53 Å². The zero-order chi connectivity index (χ0) is 14.6. The summed E-state index contributed by atoms with van der Waals surface area (Å²) < 4.78 is 5.71. The summed E-state index contributed by atoms with van der Waals surface area (Å²) in [4.78, 5) is 12.2. The van der Waals surface area contributed by atoms with Crippen molar-refractivity contribution in [1.82, 2.24) is 0 Å². The van der Waals surface area contributed by atoms with Gasteiger partial charge < -0.3 is 15.8 Å². The van der Waals surface area contributed by atoms with Crippen LogP contribution in [0.3, 0.4) is 0 Å². The molecule has 1 aliphatic rings. The molecule has 1 aromatic carbocycles. The number of hydrogen-bond acceptors (Lipinski definition) is 3. The molecule has 3 N–H and O–H groups in total. The van der Waals surface area contributed by atoms with Crippen molar-refractivity contribution in [1.29, 1.82) is 0 Å². The summed E-state index contributed by atoms with van der Waals surface area (Å²) >= 11 is 0. The molecule has 0 aliphatic heterocycles. The Balaban J connectivity index is 1.95. The number of nitrogens with one attached hydrogen (secondary N) is 1. The molecule has 0 spiro atoms. The van der Waals surface area contributed by atoms with Crippen LogP contribution < -0.4 is 15.8 Å². The van der Waals surface area contributed by atoms with E-state index in [-0.39, 0.29) is 12.0 Å². The lowest BCUT2D eigenvalue weighted by atomic mass is 9.98. The molecular weight excluding hydrogens is 252 g/mol. The van der Waals surface area contributed by atoms with Gasteiger partial charge in [-0.05, 0) is 50.5 Å². The van der Waals surface area contributed by atoms with Gasteiger partial charge in [-0.25, -0.2) is 0 Å². The van der Waals surface area contributed by atoms with Gasteiger partial charge in [-0.15, -0.1) is 0 Å². The van der Waals surface area contributed by atoms with Crippen molar-refractivity contribution in [3.63, 3.8) is 0 Å². The largest absolute Gasteiger partial charge is 0.491 e. The van der Waals surface area contributed by atoms with E-state index < -0.39 is 5.54 Å². The van der Waals surface area contributed by atoms with Crippen LogP contribution in [0.5, 0.6) is 5.75 Å². The third-order valence-electron chi connectivity index (χ3n) is 3.97. The van der Waals surface area contributed by atoms with Gasteiger partial charge in [0.05, 0.1) is 11.6 Å². The van der Waals surface area contributed by atoms with Gasteiger partial charge in [0.15, 0.2) is 0 Å². The summed E-state index contributed by atoms with van der Waals surface area (Å²) in [5.74, 6) is 0.742. The molecule has 4 heteroatoms. The maximum Gasteiger partial charge on any atom is 0.244 e. The Morgan fingerprint density at radius 3 is 2.50 bits per heavy atom. The second-order valence-electron chi connectivity index (χ2n) is 5.68. The van der Waals surface area contributed by atoms with Crippen LogP contribution in [0, 0.1) is 0 Å². The van der Waals surface area contributed by atoms with Crippen LogP contribution in [0.25, 0.3) is 0 Å². The molecule has 1 saturated carbocycles. The summed E-state index contributed by atoms with van der Waals surface area (Å²) in [6.45, 7) is 4.12. The molecule has 0 aromatic heterocycles. The zero-order valence-electron chi connectivity index (χ0n) is 12.3.